The van der Waals surface area contributed by atoms with Gasteiger partial charge in [0.25, 0.3) is 10.0 Å². The number of hydrogen-bond donors (Lipinski definition) is 1. The van der Waals surface area contributed by atoms with Gasteiger partial charge in [-0.3, -0.25) is 4.72 Å². The Morgan fingerprint density at radius 1 is 1.00 bits per heavy atom. The van der Waals surface area contributed by atoms with E-state index in [2.05, 4.69) is 4.72 Å². The molecule has 0 aliphatic carbocycles. The summed E-state index contributed by atoms with van der Waals surface area (Å²) in [6.45, 7) is 1.67. The highest BCUT2D eigenvalue weighted by molar-refractivity contribution is 7.92. The lowest BCUT2D eigenvalue weighted by molar-refractivity contribution is 0.353. The van der Waals surface area contributed by atoms with Gasteiger partial charge in [-0.25, -0.2) is 8.42 Å². The van der Waals surface area contributed by atoms with Crippen molar-refractivity contribution in [1.82, 2.24) is 0 Å². The summed E-state index contributed by atoms with van der Waals surface area (Å²) in [7, 11) is -0.929. The van der Waals surface area contributed by atoms with Crippen LogP contribution in [0.15, 0.2) is 35.2 Å². The lowest BCUT2D eigenvalue weighted by Crippen LogP contribution is -2.15. The molecule has 0 fully saturated rings. The molecule has 1 N–H and O–H groups in total. The van der Waals surface area contributed by atoms with Crippen molar-refractivity contribution in [3.8, 4) is 11.5 Å². The molecule has 0 aliphatic rings. The predicted octanol–water partition coefficient (Wildman–Crippen LogP) is 4.12. The van der Waals surface area contributed by atoms with Gasteiger partial charge in [0.2, 0.25) is 0 Å². The molecule has 0 radical (unpaired) electrons. The van der Waals surface area contributed by atoms with Gasteiger partial charge >= 0.3 is 0 Å². The molecule has 0 amide bonds. The third-order valence-electron chi connectivity index (χ3n) is 3.15. The number of rotatable bonds is 5. The molecule has 124 valence electrons. The number of benzene rings is 2. The first-order chi connectivity index (χ1) is 10.8. The van der Waals surface area contributed by atoms with E-state index in [9.17, 15) is 8.42 Å². The molecular formula is C15H15Cl2NO4S. The van der Waals surface area contributed by atoms with Crippen molar-refractivity contribution in [1.29, 1.82) is 0 Å². The quantitative estimate of drug-likeness (QED) is 0.853. The number of halogens is 2. The van der Waals surface area contributed by atoms with Crippen LogP contribution in [0.1, 0.15) is 5.56 Å². The lowest BCUT2D eigenvalue weighted by Gasteiger charge is -2.15. The number of methoxy groups -OCH3 is 2. The number of hydrogen-bond acceptors (Lipinski definition) is 4. The molecule has 0 spiro atoms. The lowest BCUT2D eigenvalue weighted by atomic mass is 10.2. The van der Waals surface area contributed by atoms with E-state index < -0.39 is 10.0 Å². The minimum absolute atomic E-state index is 0.0705. The number of ether oxygens (including phenoxy) is 2. The molecule has 2 aromatic rings. The van der Waals surface area contributed by atoms with E-state index in [-0.39, 0.29) is 15.6 Å². The van der Waals surface area contributed by atoms with Gasteiger partial charge in [-0.15, -0.1) is 0 Å². The molecule has 0 unspecified atom stereocenters. The molecule has 2 aromatic carbocycles. The average Bonchev–Trinajstić information content (AvgIpc) is 2.49. The molecule has 23 heavy (non-hydrogen) atoms. The number of aryl methyl sites for hydroxylation is 1. The van der Waals surface area contributed by atoms with E-state index in [0.717, 1.165) is 0 Å². The Morgan fingerprint density at radius 3 is 2.17 bits per heavy atom. The van der Waals surface area contributed by atoms with Crippen molar-refractivity contribution in [3.63, 3.8) is 0 Å². The van der Waals surface area contributed by atoms with E-state index in [1.165, 1.54) is 32.4 Å². The summed E-state index contributed by atoms with van der Waals surface area (Å²) in [5.41, 5.74) is 0.755. The first-order valence-electron chi connectivity index (χ1n) is 6.49. The van der Waals surface area contributed by atoms with Crippen LogP contribution < -0.4 is 14.2 Å². The molecule has 0 saturated carbocycles. The van der Waals surface area contributed by atoms with Gasteiger partial charge in [-0.05, 0) is 36.8 Å². The highest BCUT2D eigenvalue weighted by Crippen LogP contribution is 2.34. The van der Waals surface area contributed by atoms with Crippen molar-refractivity contribution in [2.75, 3.05) is 18.9 Å². The average molecular weight is 376 g/mol. The first-order valence-corrected chi connectivity index (χ1v) is 8.73. The first kappa shape index (κ1) is 17.7. The summed E-state index contributed by atoms with van der Waals surface area (Å²) in [6, 6.07) is 7.50. The number of anilines is 1. The van der Waals surface area contributed by atoms with Crippen molar-refractivity contribution in [3.05, 3.63) is 45.9 Å². The highest BCUT2D eigenvalue weighted by Gasteiger charge is 2.21. The monoisotopic (exact) mass is 375 g/mol. The molecule has 0 aromatic heterocycles. The zero-order valence-corrected chi connectivity index (χ0v) is 15.0. The van der Waals surface area contributed by atoms with Crippen LogP contribution in [-0.2, 0) is 10.0 Å². The van der Waals surface area contributed by atoms with Gasteiger partial charge < -0.3 is 9.47 Å². The number of sulfonamides is 1. The van der Waals surface area contributed by atoms with Gasteiger partial charge in [0.15, 0.2) is 11.5 Å². The van der Waals surface area contributed by atoms with Crippen LogP contribution in [0.2, 0.25) is 10.0 Å². The molecule has 0 saturated heterocycles. The van der Waals surface area contributed by atoms with E-state index in [1.54, 1.807) is 19.1 Å². The van der Waals surface area contributed by atoms with E-state index in [4.69, 9.17) is 32.7 Å². The molecule has 0 atom stereocenters. The van der Waals surface area contributed by atoms with Crippen LogP contribution in [0.5, 0.6) is 11.5 Å². The minimum Gasteiger partial charge on any atom is -0.493 e. The predicted molar refractivity (Wildman–Crippen MR) is 91.6 cm³/mol. The Labute approximate surface area is 145 Å². The van der Waals surface area contributed by atoms with E-state index in [0.29, 0.717) is 22.1 Å². The second-order valence-corrected chi connectivity index (χ2v) is 7.20. The summed E-state index contributed by atoms with van der Waals surface area (Å²) in [4.78, 5) is 0.0705. The van der Waals surface area contributed by atoms with Gasteiger partial charge in [0, 0.05) is 11.1 Å². The fraction of sp³-hybridized carbons (Fsp3) is 0.200. The Kier molecular flexibility index (Phi) is 5.29. The van der Waals surface area contributed by atoms with E-state index in [1.807, 2.05) is 0 Å². The van der Waals surface area contributed by atoms with Crippen LogP contribution in [0, 0.1) is 6.92 Å². The SMILES string of the molecule is COc1cc(C)c(S(=O)(=O)Nc2ccc(Cl)cc2Cl)cc1OC. The maximum Gasteiger partial charge on any atom is 0.262 e. The van der Waals surface area contributed by atoms with Crippen molar-refractivity contribution >= 4 is 38.9 Å². The van der Waals surface area contributed by atoms with Crippen LogP contribution in [-0.4, -0.2) is 22.6 Å². The molecule has 0 heterocycles. The summed E-state index contributed by atoms with van der Waals surface area (Å²) >= 11 is 11.8. The van der Waals surface area contributed by atoms with E-state index >= 15 is 0 Å². The van der Waals surface area contributed by atoms with Gasteiger partial charge in [0.05, 0.1) is 29.8 Å². The molecular weight excluding hydrogens is 361 g/mol. The molecule has 0 aliphatic heterocycles. The zero-order valence-electron chi connectivity index (χ0n) is 12.7. The van der Waals surface area contributed by atoms with Crippen molar-refractivity contribution in [2.45, 2.75) is 11.8 Å². The standard InChI is InChI=1S/C15H15Cl2NO4S/c1-9-6-13(21-2)14(22-3)8-15(9)23(19,20)18-12-5-4-10(16)7-11(12)17/h4-8,18H,1-3H3. The summed E-state index contributed by atoms with van der Waals surface area (Å²) < 4.78 is 38.0. The fourth-order valence-electron chi connectivity index (χ4n) is 2.02. The third-order valence-corrected chi connectivity index (χ3v) is 5.20. The maximum absolute atomic E-state index is 12.6. The van der Waals surface area contributed by atoms with Crippen LogP contribution >= 0.6 is 23.2 Å². The third kappa shape index (κ3) is 3.83. The topological polar surface area (TPSA) is 64.6 Å². The summed E-state index contributed by atoms with van der Waals surface area (Å²) in [5.74, 6) is 0.772. The van der Waals surface area contributed by atoms with Crippen LogP contribution in [0.3, 0.4) is 0 Å². The Balaban J connectivity index is 2.47. The van der Waals surface area contributed by atoms with Gasteiger partial charge in [-0.2, -0.15) is 0 Å². The second-order valence-electron chi connectivity index (χ2n) is 4.70. The molecule has 2 rings (SSSR count). The molecule has 8 heteroatoms. The highest BCUT2D eigenvalue weighted by atomic mass is 35.5. The van der Waals surface area contributed by atoms with Gasteiger partial charge in [0.1, 0.15) is 0 Å². The van der Waals surface area contributed by atoms with Crippen LogP contribution in [0.4, 0.5) is 5.69 Å². The smallest absolute Gasteiger partial charge is 0.262 e. The number of nitrogens with one attached hydrogen (secondary N) is 1. The minimum atomic E-state index is -3.85. The fourth-order valence-corrected chi connectivity index (χ4v) is 3.86. The maximum atomic E-state index is 12.6. The second kappa shape index (κ2) is 6.86. The largest absolute Gasteiger partial charge is 0.493 e. The molecule has 0 bridgehead atoms. The Morgan fingerprint density at radius 2 is 1.61 bits per heavy atom. The van der Waals surface area contributed by atoms with Gasteiger partial charge in [-0.1, -0.05) is 23.2 Å². The van der Waals surface area contributed by atoms with Crippen LogP contribution in [0.25, 0.3) is 0 Å². The normalized spacial score (nSPS) is 11.2. The van der Waals surface area contributed by atoms with Crippen molar-refractivity contribution < 1.29 is 17.9 Å². The zero-order chi connectivity index (χ0) is 17.2. The molecule has 5 nitrogen and oxygen atoms in total. The van der Waals surface area contributed by atoms with Crippen molar-refractivity contribution in [2.24, 2.45) is 0 Å². The Hall–Kier alpha value is -1.63. The summed E-state index contributed by atoms with van der Waals surface area (Å²) in [5, 5.41) is 0.624. The summed E-state index contributed by atoms with van der Waals surface area (Å²) in [6.07, 6.45) is 0. The Bertz CT molecular complexity index is 838.